The first-order valence-corrected chi connectivity index (χ1v) is 7.82. The van der Waals surface area contributed by atoms with Crippen LogP contribution in [0.25, 0.3) is 11.0 Å². The van der Waals surface area contributed by atoms with Crippen molar-refractivity contribution < 1.29 is 19.4 Å². The number of hydrogen-bond donors (Lipinski definition) is 3. The van der Waals surface area contributed by atoms with E-state index >= 15 is 0 Å². The number of nitrogens with one attached hydrogen (secondary N) is 2. The number of fused-ring (bicyclic) bond motifs is 1. The van der Waals surface area contributed by atoms with Gasteiger partial charge in [0.15, 0.2) is 11.5 Å². The molecular weight excluding hydrogens is 336 g/mol. The number of H-pyrrole nitrogens is 1. The minimum absolute atomic E-state index is 0.0914. The van der Waals surface area contributed by atoms with Crippen LogP contribution >= 0.6 is 0 Å². The zero-order valence-electron chi connectivity index (χ0n) is 14.3. The number of carbonyl (C=O) groups excluding carboxylic acids is 2. The van der Waals surface area contributed by atoms with Crippen LogP contribution in [0.2, 0.25) is 0 Å². The van der Waals surface area contributed by atoms with Crippen LogP contribution in [0.15, 0.2) is 42.7 Å². The molecule has 134 valence electrons. The van der Waals surface area contributed by atoms with Crippen LogP contribution < -0.4 is 15.0 Å². The van der Waals surface area contributed by atoms with E-state index in [-0.39, 0.29) is 5.75 Å². The number of anilines is 1. The first-order valence-electron chi connectivity index (χ1n) is 7.82. The lowest BCUT2D eigenvalue weighted by Crippen LogP contribution is -2.38. The van der Waals surface area contributed by atoms with E-state index in [0.717, 1.165) is 16.7 Å². The Balaban J connectivity index is 2.03. The molecule has 2 amide bonds. The average Bonchev–Trinajstić information content (AvgIpc) is 3.10. The number of rotatable bonds is 6. The number of imidazole rings is 1. The zero-order chi connectivity index (χ0) is 18.7. The monoisotopic (exact) mass is 354 g/mol. The Bertz CT molecular complexity index is 953. The van der Waals surface area contributed by atoms with Crippen molar-refractivity contribution >= 4 is 29.0 Å². The average molecular weight is 354 g/mol. The van der Waals surface area contributed by atoms with Gasteiger partial charge < -0.3 is 19.7 Å². The van der Waals surface area contributed by atoms with Crippen molar-refractivity contribution in [3.05, 3.63) is 48.3 Å². The minimum atomic E-state index is -0.836. The number of likely N-dealkylation sites (N-methyl/N-ethyl adjacent to an activating group) is 1. The molecule has 0 fully saturated rings. The van der Waals surface area contributed by atoms with Crippen molar-refractivity contribution in [1.29, 1.82) is 0 Å². The zero-order valence-corrected chi connectivity index (χ0v) is 14.3. The number of phenols is 1. The van der Waals surface area contributed by atoms with E-state index in [4.69, 9.17) is 4.74 Å². The largest absolute Gasteiger partial charge is 0.504 e. The van der Waals surface area contributed by atoms with Gasteiger partial charge in [0.1, 0.15) is 6.04 Å². The molecule has 8 heteroatoms. The van der Waals surface area contributed by atoms with Gasteiger partial charge in [-0.15, -0.1) is 0 Å². The Morgan fingerprint density at radius 1 is 1.35 bits per heavy atom. The molecule has 0 spiro atoms. The number of aromatic hydroxyl groups is 1. The van der Waals surface area contributed by atoms with Crippen molar-refractivity contribution in [2.45, 2.75) is 6.04 Å². The number of ether oxygens (including phenoxy) is 1. The molecule has 0 radical (unpaired) electrons. The summed E-state index contributed by atoms with van der Waals surface area (Å²) in [6.45, 7) is 0. The van der Waals surface area contributed by atoms with E-state index in [0.29, 0.717) is 17.7 Å². The summed E-state index contributed by atoms with van der Waals surface area (Å²) in [5.41, 5.74) is 2.87. The highest BCUT2D eigenvalue weighted by atomic mass is 16.5. The van der Waals surface area contributed by atoms with Crippen molar-refractivity contribution in [1.82, 2.24) is 15.3 Å². The van der Waals surface area contributed by atoms with E-state index < -0.39 is 11.9 Å². The second-order valence-corrected chi connectivity index (χ2v) is 5.68. The maximum absolute atomic E-state index is 12.5. The molecule has 0 aliphatic carbocycles. The number of methoxy groups -OCH3 is 1. The third kappa shape index (κ3) is 3.16. The molecule has 0 aliphatic rings. The Kier molecular flexibility index (Phi) is 4.74. The molecule has 0 bridgehead atoms. The van der Waals surface area contributed by atoms with Gasteiger partial charge in [-0.1, -0.05) is 6.07 Å². The first-order chi connectivity index (χ1) is 12.5. The Morgan fingerprint density at radius 2 is 2.15 bits per heavy atom. The number of benzene rings is 2. The molecule has 0 aliphatic heterocycles. The standard InChI is InChI=1S/C18H18N4O4/c1-22(12-4-5-13-14(8-12)20-9-19-13)17(18(25)21-10-23)11-3-6-16(26-2)15(24)7-11/h3-10,17,24H,1-2H3,(H,19,20)(H,21,23,25). The number of amides is 2. The van der Waals surface area contributed by atoms with Crippen molar-refractivity contribution in [2.24, 2.45) is 0 Å². The van der Waals surface area contributed by atoms with E-state index in [1.807, 2.05) is 18.2 Å². The van der Waals surface area contributed by atoms with E-state index in [1.54, 1.807) is 30.4 Å². The number of aromatic amines is 1. The maximum atomic E-state index is 12.5. The lowest BCUT2D eigenvalue weighted by Gasteiger charge is -2.29. The fourth-order valence-corrected chi connectivity index (χ4v) is 2.86. The normalized spacial score (nSPS) is 11.8. The smallest absolute Gasteiger partial charge is 0.253 e. The summed E-state index contributed by atoms with van der Waals surface area (Å²) in [6, 6.07) is 9.35. The number of phenolic OH excluding ortho intramolecular Hbond substituents is 1. The van der Waals surface area contributed by atoms with E-state index in [2.05, 4.69) is 15.3 Å². The summed E-state index contributed by atoms with van der Waals surface area (Å²) in [5, 5.41) is 12.2. The Hall–Kier alpha value is -3.55. The molecule has 1 heterocycles. The van der Waals surface area contributed by atoms with Gasteiger partial charge in [-0.25, -0.2) is 4.98 Å². The van der Waals surface area contributed by atoms with E-state index in [1.165, 1.54) is 13.2 Å². The summed E-state index contributed by atoms with van der Waals surface area (Å²) < 4.78 is 5.04. The SMILES string of the molecule is COc1ccc(C(C(=O)NC=O)N(C)c2ccc3nc[nH]c3c2)cc1O. The van der Waals surface area contributed by atoms with Crippen molar-refractivity contribution in [3.63, 3.8) is 0 Å². The highest BCUT2D eigenvalue weighted by Crippen LogP contribution is 2.33. The molecule has 1 atom stereocenters. The number of hydrogen-bond acceptors (Lipinski definition) is 6. The molecule has 1 unspecified atom stereocenters. The van der Waals surface area contributed by atoms with Gasteiger partial charge in [0.2, 0.25) is 6.41 Å². The molecule has 1 aromatic heterocycles. The topological polar surface area (TPSA) is 108 Å². The molecule has 0 saturated carbocycles. The first kappa shape index (κ1) is 17.3. The predicted molar refractivity (Wildman–Crippen MR) is 96.1 cm³/mol. The van der Waals surface area contributed by atoms with Crippen LogP contribution in [-0.4, -0.2) is 41.5 Å². The van der Waals surface area contributed by atoms with Crippen molar-refractivity contribution in [2.75, 3.05) is 19.1 Å². The molecule has 8 nitrogen and oxygen atoms in total. The number of imide groups is 1. The fourth-order valence-electron chi connectivity index (χ4n) is 2.86. The number of aromatic nitrogens is 2. The highest BCUT2D eigenvalue weighted by Gasteiger charge is 2.26. The predicted octanol–water partition coefficient (Wildman–Crippen LogP) is 1.73. The molecule has 0 saturated heterocycles. The Morgan fingerprint density at radius 3 is 2.85 bits per heavy atom. The lowest BCUT2D eigenvalue weighted by atomic mass is 10.0. The fraction of sp³-hybridized carbons (Fsp3) is 0.167. The molecular formula is C18H18N4O4. The third-order valence-corrected chi connectivity index (χ3v) is 4.17. The Labute approximate surface area is 149 Å². The summed E-state index contributed by atoms with van der Waals surface area (Å²) in [4.78, 5) is 32.2. The van der Waals surface area contributed by atoms with Crippen LogP contribution in [0.5, 0.6) is 11.5 Å². The van der Waals surface area contributed by atoms with Crippen LogP contribution in [0.4, 0.5) is 5.69 Å². The van der Waals surface area contributed by atoms with Crippen LogP contribution in [0.1, 0.15) is 11.6 Å². The summed E-state index contributed by atoms with van der Waals surface area (Å²) in [5.74, 6) is -0.312. The maximum Gasteiger partial charge on any atom is 0.253 e. The van der Waals surface area contributed by atoms with Crippen LogP contribution in [0, 0.1) is 0 Å². The van der Waals surface area contributed by atoms with Gasteiger partial charge in [0.25, 0.3) is 5.91 Å². The molecule has 26 heavy (non-hydrogen) atoms. The quantitative estimate of drug-likeness (QED) is 0.582. The second kappa shape index (κ2) is 7.14. The third-order valence-electron chi connectivity index (χ3n) is 4.17. The van der Waals surface area contributed by atoms with Gasteiger partial charge >= 0.3 is 0 Å². The summed E-state index contributed by atoms with van der Waals surface area (Å²) >= 11 is 0. The van der Waals surface area contributed by atoms with Gasteiger partial charge in [-0.3, -0.25) is 14.9 Å². The minimum Gasteiger partial charge on any atom is -0.504 e. The molecule has 3 N–H and O–H groups in total. The highest BCUT2D eigenvalue weighted by molar-refractivity contribution is 5.93. The lowest BCUT2D eigenvalue weighted by molar-refractivity contribution is -0.126. The van der Waals surface area contributed by atoms with Crippen molar-refractivity contribution in [3.8, 4) is 11.5 Å². The van der Waals surface area contributed by atoms with Gasteiger partial charge in [0.05, 0.1) is 24.5 Å². The molecule has 3 rings (SSSR count). The summed E-state index contributed by atoms with van der Waals surface area (Å²) in [7, 11) is 3.17. The molecule has 3 aromatic rings. The number of nitrogens with zero attached hydrogens (tertiary/aromatic N) is 2. The van der Waals surface area contributed by atoms with Gasteiger partial charge in [0, 0.05) is 12.7 Å². The number of carbonyl (C=O) groups is 2. The van der Waals surface area contributed by atoms with Crippen LogP contribution in [0.3, 0.4) is 0 Å². The van der Waals surface area contributed by atoms with Gasteiger partial charge in [-0.05, 0) is 35.9 Å². The molecule has 2 aromatic carbocycles. The van der Waals surface area contributed by atoms with Gasteiger partial charge in [-0.2, -0.15) is 0 Å². The second-order valence-electron chi connectivity index (χ2n) is 5.68. The van der Waals surface area contributed by atoms with E-state index in [9.17, 15) is 14.7 Å². The van der Waals surface area contributed by atoms with Crippen LogP contribution in [-0.2, 0) is 9.59 Å². The summed E-state index contributed by atoms with van der Waals surface area (Å²) in [6.07, 6.45) is 1.93.